The Morgan fingerprint density at radius 2 is 2.12 bits per heavy atom. The number of nitrogens with zero attached hydrogens (tertiary/aromatic N) is 1. The summed E-state index contributed by atoms with van der Waals surface area (Å²) >= 11 is 6.04. The first-order valence-electron chi connectivity index (χ1n) is 7.96. The van der Waals surface area contributed by atoms with Crippen LogP contribution in [0.4, 0.5) is 5.69 Å². The highest BCUT2D eigenvalue weighted by molar-refractivity contribution is 6.30. The summed E-state index contributed by atoms with van der Waals surface area (Å²) in [5.41, 5.74) is 2.35. The number of rotatable bonds is 3. The standard InChI is InChI=1S/C18H20ClN3O2/c1-11-8-12(2)20-17(23)16(11)18(24)21-14-6-7-22(10-14)15-5-3-4-13(19)9-15/h3-5,8-9,14H,6-7,10H2,1-2H3,(H,20,23)(H,21,24)/t14-/m1/s1. The van der Waals surface area contributed by atoms with Crippen molar-refractivity contribution >= 4 is 23.2 Å². The Hall–Kier alpha value is -2.27. The summed E-state index contributed by atoms with van der Waals surface area (Å²) in [5, 5.41) is 3.67. The highest BCUT2D eigenvalue weighted by Crippen LogP contribution is 2.23. The molecule has 0 aliphatic carbocycles. The molecule has 1 atom stereocenters. The van der Waals surface area contributed by atoms with Crippen molar-refractivity contribution in [1.29, 1.82) is 0 Å². The Bertz CT molecular complexity index is 831. The number of benzene rings is 1. The van der Waals surface area contributed by atoms with Crippen LogP contribution in [0.25, 0.3) is 0 Å². The Morgan fingerprint density at radius 3 is 2.83 bits per heavy atom. The molecule has 2 aromatic rings. The second-order valence-corrected chi connectivity index (χ2v) is 6.66. The molecule has 6 heteroatoms. The zero-order valence-electron chi connectivity index (χ0n) is 13.7. The number of carbonyl (C=O) groups is 1. The number of anilines is 1. The van der Waals surface area contributed by atoms with Gasteiger partial charge < -0.3 is 15.2 Å². The summed E-state index contributed by atoms with van der Waals surface area (Å²) in [6.45, 7) is 5.13. The summed E-state index contributed by atoms with van der Waals surface area (Å²) in [6.07, 6.45) is 0.834. The number of carbonyl (C=O) groups excluding carboxylic acids is 1. The number of hydrogen-bond acceptors (Lipinski definition) is 3. The maximum Gasteiger partial charge on any atom is 0.261 e. The topological polar surface area (TPSA) is 65.2 Å². The van der Waals surface area contributed by atoms with Crippen LogP contribution in [0.15, 0.2) is 35.1 Å². The van der Waals surface area contributed by atoms with E-state index in [1.54, 1.807) is 13.8 Å². The lowest BCUT2D eigenvalue weighted by molar-refractivity contribution is 0.0938. The van der Waals surface area contributed by atoms with Crippen LogP contribution < -0.4 is 15.8 Å². The van der Waals surface area contributed by atoms with Crippen LogP contribution in [0.3, 0.4) is 0 Å². The van der Waals surface area contributed by atoms with E-state index in [0.29, 0.717) is 17.1 Å². The van der Waals surface area contributed by atoms with Gasteiger partial charge in [0.1, 0.15) is 5.56 Å². The summed E-state index contributed by atoms with van der Waals surface area (Å²) in [4.78, 5) is 29.4. The fourth-order valence-electron chi connectivity index (χ4n) is 3.18. The Kier molecular flexibility index (Phi) is 4.62. The van der Waals surface area contributed by atoms with Crippen molar-refractivity contribution in [3.8, 4) is 0 Å². The van der Waals surface area contributed by atoms with E-state index in [-0.39, 0.29) is 23.1 Å². The molecule has 0 radical (unpaired) electrons. The van der Waals surface area contributed by atoms with Gasteiger partial charge >= 0.3 is 0 Å². The molecule has 3 rings (SSSR count). The van der Waals surface area contributed by atoms with Gasteiger partial charge in [-0.1, -0.05) is 17.7 Å². The van der Waals surface area contributed by atoms with Crippen molar-refractivity contribution in [3.63, 3.8) is 0 Å². The van der Waals surface area contributed by atoms with Crippen LogP contribution in [0.5, 0.6) is 0 Å². The molecule has 1 aliphatic heterocycles. The first-order chi connectivity index (χ1) is 11.4. The molecule has 2 heterocycles. The molecule has 1 aromatic carbocycles. The lowest BCUT2D eigenvalue weighted by Crippen LogP contribution is -2.40. The van der Waals surface area contributed by atoms with E-state index in [9.17, 15) is 9.59 Å². The second-order valence-electron chi connectivity index (χ2n) is 6.22. The molecule has 126 valence electrons. The first-order valence-corrected chi connectivity index (χ1v) is 8.34. The zero-order chi connectivity index (χ0) is 17.3. The van der Waals surface area contributed by atoms with Crippen molar-refractivity contribution in [1.82, 2.24) is 10.3 Å². The monoisotopic (exact) mass is 345 g/mol. The van der Waals surface area contributed by atoms with Crippen molar-refractivity contribution in [2.24, 2.45) is 0 Å². The molecule has 2 N–H and O–H groups in total. The van der Waals surface area contributed by atoms with Crippen LogP contribution >= 0.6 is 11.6 Å². The average Bonchev–Trinajstić information content (AvgIpc) is 2.94. The third-order valence-corrected chi connectivity index (χ3v) is 4.52. The van der Waals surface area contributed by atoms with Crippen LogP contribution in [-0.4, -0.2) is 30.0 Å². The van der Waals surface area contributed by atoms with Gasteiger partial charge in [0.15, 0.2) is 0 Å². The fourth-order valence-corrected chi connectivity index (χ4v) is 3.36. The van der Waals surface area contributed by atoms with Gasteiger partial charge in [-0.15, -0.1) is 0 Å². The summed E-state index contributed by atoms with van der Waals surface area (Å²) in [6, 6.07) is 9.50. The molecule has 1 amide bonds. The molecule has 0 spiro atoms. The molecule has 1 aliphatic rings. The normalized spacial score (nSPS) is 17.1. The molecule has 0 unspecified atom stereocenters. The highest BCUT2D eigenvalue weighted by Gasteiger charge is 2.26. The summed E-state index contributed by atoms with van der Waals surface area (Å²) in [7, 11) is 0. The van der Waals surface area contributed by atoms with E-state index >= 15 is 0 Å². The van der Waals surface area contributed by atoms with Crippen molar-refractivity contribution in [2.45, 2.75) is 26.3 Å². The molecule has 0 bridgehead atoms. The Balaban J connectivity index is 1.70. The van der Waals surface area contributed by atoms with E-state index in [1.807, 2.05) is 30.3 Å². The molecule has 24 heavy (non-hydrogen) atoms. The molecule has 5 nitrogen and oxygen atoms in total. The minimum absolute atomic E-state index is 0.0107. The van der Waals surface area contributed by atoms with Gasteiger partial charge in [-0.3, -0.25) is 9.59 Å². The molecule has 0 saturated carbocycles. The second kappa shape index (κ2) is 6.69. The number of hydrogen-bond donors (Lipinski definition) is 2. The Labute approximate surface area is 145 Å². The number of aromatic nitrogens is 1. The number of nitrogens with one attached hydrogen (secondary N) is 2. The minimum atomic E-state index is -0.338. The molecular weight excluding hydrogens is 326 g/mol. The first kappa shape index (κ1) is 16.6. The van der Waals surface area contributed by atoms with Crippen LogP contribution in [0.2, 0.25) is 5.02 Å². The van der Waals surface area contributed by atoms with Gasteiger partial charge in [-0.05, 0) is 50.1 Å². The Morgan fingerprint density at radius 1 is 1.33 bits per heavy atom. The number of aromatic amines is 1. The van der Waals surface area contributed by atoms with Crippen LogP contribution in [-0.2, 0) is 0 Å². The van der Waals surface area contributed by atoms with E-state index in [4.69, 9.17) is 11.6 Å². The maximum atomic E-state index is 12.5. The molecular formula is C18H20ClN3O2. The highest BCUT2D eigenvalue weighted by atomic mass is 35.5. The molecule has 1 saturated heterocycles. The number of aryl methyl sites for hydroxylation is 2. The zero-order valence-corrected chi connectivity index (χ0v) is 14.5. The van der Waals surface area contributed by atoms with Crippen molar-refractivity contribution in [2.75, 3.05) is 18.0 Å². The average molecular weight is 346 g/mol. The van der Waals surface area contributed by atoms with Crippen molar-refractivity contribution < 1.29 is 4.79 Å². The number of halogens is 1. The van der Waals surface area contributed by atoms with E-state index in [2.05, 4.69) is 15.2 Å². The van der Waals surface area contributed by atoms with Gasteiger partial charge in [-0.25, -0.2) is 0 Å². The van der Waals surface area contributed by atoms with E-state index < -0.39 is 0 Å². The smallest absolute Gasteiger partial charge is 0.261 e. The third-order valence-electron chi connectivity index (χ3n) is 4.29. The predicted octanol–water partition coefficient (Wildman–Crippen LogP) is 2.65. The minimum Gasteiger partial charge on any atom is -0.369 e. The summed E-state index contributed by atoms with van der Waals surface area (Å²) < 4.78 is 0. The fraction of sp³-hybridized carbons (Fsp3) is 0.333. The number of H-pyrrole nitrogens is 1. The lowest BCUT2D eigenvalue weighted by atomic mass is 10.1. The number of amides is 1. The van der Waals surface area contributed by atoms with E-state index in [1.165, 1.54) is 0 Å². The van der Waals surface area contributed by atoms with Gasteiger partial charge in [-0.2, -0.15) is 0 Å². The van der Waals surface area contributed by atoms with Crippen LogP contribution in [0, 0.1) is 13.8 Å². The van der Waals surface area contributed by atoms with Gasteiger partial charge in [0, 0.05) is 35.5 Å². The predicted molar refractivity (Wildman–Crippen MR) is 96.1 cm³/mol. The molecule has 1 aromatic heterocycles. The third kappa shape index (κ3) is 3.46. The molecule has 1 fully saturated rings. The van der Waals surface area contributed by atoms with Gasteiger partial charge in [0.05, 0.1) is 0 Å². The maximum absolute atomic E-state index is 12.5. The number of pyridine rings is 1. The SMILES string of the molecule is Cc1cc(C)c(C(=O)N[C@@H]2CCN(c3cccc(Cl)c3)C2)c(=O)[nH]1. The van der Waals surface area contributed by atoms with Crippen molar-refractivity contribution in [3.05, 3.63) is 62.5 Å². The quantitative estimate of drug-likeness (QED) is 0.898. The largest absolute Gasteiger partial charge is 0.369 e. The summed E-state index contributed by atoms with van der Waals surface area (Å²) in [5.74, 6) is -0.313. The lowest BCUT2D eigenvalue weighted by Gasteiger charge is -2.19. The van der Waals surface area contributed by atoms with Crippen LogP contribution in [0.1, 0.15) is 28.0 Å². The van der Waals surface area contributed by atoms with E-state index in [0.717, 1.165) is 24.3 Å². The van der Waals surface area contributed by atoms with Gasteiger partial charge in [0.25, 0.3) is 11.5 Å². The van der Waals surface area contributed by atoms with Gasteiger partial charge in [0.2, 0.25) is 0 Å².